The average Bonchev–Trinajstić information content (AvgIpc) is 2.34. The molecule has 1 saturated heterocycles. The average molecular weight is 269 g/mol. The number of hydrogen-bond donors (Lipinski definition) is 1. The first-order chi connectivity index (χ1) is 8.52. The zero-order valence-electron chi connectivity index (χ0n) is 11.1. The summed E-state index contributed by atoms with van der Waals surface area (Å²) in [5.41, 5.74) is 7.55. The van der Waals surface area contributed by atoms with Crippen LogP contribution in [-0.4, -0.2) is 30.7 Å². The van der Waals surface area contributed by atoms with Crippen LogP contribution in [0.1, 0.15) is 25.3 Å². The highest BCUT2D eigenvalue weighted by Gasteiger charge is 2.30. The van der Waals surface area contributed by atoms with Gasteiger partial charge in [0.25, 0.3) is 0 Å². The second kappa shape index (κ2) is 5.47. The van der Waals surface area contributed by atoms with E-state index >= 15 is 0 Å². The van der Waals surface area contributed by atoms with Gasteiger partial charge in [-0.3, -0.25) is 4.90 Å². The number of rotatable bonds is 3. The highest BCUT2D eigenvalue weighted by Crippen LogP contribution is 2.26. The Morgan fingerprint density at radius 1 is 1.50 bits per heavy atom. The summed E-state index contributed by atoms with van der Waals surface area (Å²) in [6, 6.07) is 5.87. The summed E-state index contributed by atoms with van der Waals surface area (Å²) < 4.78 is 5.60. The van der Waals surface area contributed by atoms with E-state index in [4.69, 9.17) is 22.1 Å². The van der Waals surface area contributed by atoms with Crippen molar-refractivity contribution in [2.24, 2.45) is 0 Å². The zero-order valence-corrected chi connectivity index (χ0v) is 11.8. The Bertz CT molecular complexity index is 424. The van der Waals surface area contributed by atoms with Gasteiger partial charge in [-0.1, -0.05) is 17.7 Å². The highest BCUT2D eigenvalue weighted by atomic mass is 35.5. The number of methoxy groups -OCH3 is 1. The van der Waals surface area contributed by atoms with Crippen molar-refractivity contribution in [1.82, 2.24) is 4.90 Å². The van der Waals surface area contributed by atoms with Crippen LogP contribution in [0, 0.1) is 0 Å². The molecule has 0 radical (unpaired) electrons. The molecule has 1 fully saturated rings. The van der Waals surface area contributed by atoms with Gasteiger partial charge >= 0.3 is 0 Å². The van der Waals surface area contributed by atoms with Crippen LogP contribution in [0.4, 0.5) is 5.69 Å². The number of piperidine rings is 1. The second-order valence-corrected chi connectivity index (χ2v) is 5.73. The van der Waals surface area contributed by atoms with Crippen LogP contribution in [0.3, 0.4) is 0 Å². The first kappa shape index (κ1) is 13.7. The molecule has 1 aliphatic rings. The molecule has 0 bridgehead atoms. The first-order valence-corrected chi connectivity index (χ1v) is 6.72. The molecule has 0 amide bonds. The van der Waals surface area contributed by atoms with Crippen molar-refractivity contribution in [3.63, 3.8) is 0 Å². The van der Waals surface area contributed by atoms with Crippen LogP contribution < -0.4 is 5.73 Å². The summed E-state index contributed by atoms with van der Waals surface area (Å²) >= 11 is 6.05. The summed E-state index contributed by atoms with van der Waals surface area (Å²) in [6.45, 7) is 5.15. The Labute approximate surface area is 114 Å². The van der Waals surface area contributed by atoms with Crippen molar-refractivity contribution in [3.05, 3.63) is 28.8 Å². The quantitative estimate of drug-likeness (QED) is 0.857. The molecule has 1 aliphatic heterocycles. The number of nitrogen functional groups attached to an aromatic ring is 1. The summed E-state index contributed by atoms with van der Waals surface area (Å²) in [4.78, 5) is 2.41. The van der Waals surface area contributed by atoms with Crippen LogP contribution in [0.5, 0.6) is 0 Å². The van der Waals surface area contributed by atoms with Crippen LogP contribution in [0.15, 0.2) is 18.2 Å². The van der Waals surface area contributed by atoms with Crippen molar-refractivity contribution in [2.45, 2.75) is 31.9 Å². The maximum Gasteiger partial charge on any atom is 0.0777 e. The minimum atomic E-state index is -0.0180. The van der Waals surface area contributed by atoms with E-state index in [9.17, 15) is 0 Å². The Morgan fingerprint density at radius 3 is 2.94 bits per heavy atom. The lowest BCUT2D eigenvalue weighted by atomic mass is 9.94. The van der Waals surface area contributed by atoms with Crippen molar-refractivity contribution in [2.75, 3.05) is 25.9 Å². The van der Waals surface area contributed by atoms with E-state index in [1.165, 1.54) is 12.0 Å². The van der Waals surface area contributed by atoms with E-state index in [-0.39, 0.29) is 5.60 Å². The van der Waals surface area contributed by atoms with E-state index in [1.54, 1.807) is 7.11 Å². The van der Waals surface area contributed by atoms with Gasteiger partial charge < -0.3 is 10.5 Å². The van der Waals surface area contributed by atoms with Gasteiger partial charge in [0.05, 0.1) is 16.3 Å². The molecule has 1 unspecified atom stereocenters. The number of anilines is 1. The van der Waals surface area contributed by atoms with Crippen LogP contribution in [0.2, 0.25) is 5.02 Å². The summed E-state index contributed by atoms with van der Waals surface area (Å²) in [5, 5.41) is 0.638. The number of halogens is 1. The lowest BCUT2D eigenvalue weighted by Gasteiger charge is -2.39. The number of nitrogens with zero attached hydrogens (tertiary/aromatic N) is 1. The standard InChI is InChI=1S/C14H21ClN2O/c1-14(18-2)6-3-7-17(10-14)9-11-4-5-13(16)12(15)8-11/h4-5,8H,3,6-7,9-10,16H2,1-2H3. The van der Waals surface area contributed by atoms with Gasteiger partial charge in [-0.15, -0.1) is 0 Å². The number of likely N-dealkylation sites (tertiary alicyclic amines) is 1. The van der Waals surface area contributed by atoms with Crippen molar-refractivity contribution < 1.29 is 4.74 Å². The Kier molecular flexibility index (Phi) is 4.15. The first-order valence-electron chi connectivity index (χ1n) is 6.34. The summed E-state index contributed by atoms with van der Waals surface area (Å²) in [5.74, 6) is 0. The molecular weight excluding hydrogens is 248 g/mol. The fourth-order valence-corrected chi connectivity index (χ4v) is 2.74. The van der Waals surface area contributed by atoms with Crippen LogP contribution in [-0.2, 0) is 11.3 Å². The monoisotopic (exact) mass is 268 g/mol. The van der Waals surface area contributed by atoms with Crippen LogP contribution >= 0.6 is 11.6 Å². The molecule has 1 atom stereocenters. The Morgan fingerprint density at radius 2 is 2.28 bits per heavy atom. The van der Waals surface area contributed by atoms with Gasteiger partial charge in [-0.25, -0.2) is 0 Å². The second-order valence-electron chi connectivity index (χ2n) is 5.32. The third-order valence-corrected chi connectivity index (χ3v) is 4.03. The number of benzene rings is 1. The molecule has 0 spiro atoms. The Hall–Kier alpha value is -0.770. The van der Waals surface area contributed by atoms with E-state index in [0.29, 0.717) is 10.7 Å². The number of nitrogens with two attached hydrogens (primary N) is 1. The molecule has 2 N–H and O–H groups in total. The maximum absolute atomic E-state index is 6.05. The van der Waals surface area contributed by atoms with E-state index in [1.807, 2.05) is 18.2 Å². The summed E-state index contributed by atoms with van der Waals surface area (Å²) in [6.07, 6.45) is 2.30. The molecule has 4 heteroatoms. The van der Waals surface area contributed by atoms with E-state index in [2.05, 4.69) is 11.8 Å². The largest absolute Gasteiger partial charge is 0.398 e. The normalized spacial score (nSPS) is 25.3. The van der Waals surface area contributed by atoms with Gasteiger partial charge in [-0.2, -0.15) is 0 Å². The minimum absolute atomic E-state index is 0.0180. The SMILES string of the molecule is COC1(C)CCCN(Cc2ccc(N)c(Cl)c2)C1. The molecule has 1 aromatic rings. The molecule has 18 heavy (non-hydrogen) atoms. The Balaban J connectivity index is 2.02. The molecular formula is C14H21ClN2O. The van der Waals surface area contributed by atoms with Crippen molar-refractivity contribution in [3.8, 4) is 0 Å². The predicted octanol–water partition coefficient (Wildman–Crippen LogP) is 2.92. The number of ether oxygens (including phenoxy) is 1. The molecule has 2 rings (SSSR count). The van der Waals surface area contributed by atoms with E-state index in [0.717, 1.165) is 26.1 Å². The summed E-state index contributed by atoms with van der Waals surface area (Å²) in [7, 11) is 1.80. The molecule has 0 aromatic heterocycles. The topological polar surface area (TPSA) is 38.5 Å². The predicted molar refractivity (Wildman–Crippen MR) is 75.8 cm³/mol. The maximum atomic E-state index is 6.05. The fourth-order valence-electron chi connectivity index (χ4n) is 2.54. The molecule has 1 aromatic carbocycles. The third-order valence-electron chi connectivity index (χ3n) is 3.70. The molecule has 100 valence electrons. The lowest BCUT2D eigenvalue weighted by molar-refractivity contribution is -0.0526. The number of hydrogen-bond acceptors (Lipinski definition) is 3. The van der Waals surface area contributed by atoms with Gasteiger partial charge in [0.15, 0.2) is 0 Å². The minimum Gasteiger partial charge on any atom is -0.398 e. The third kappa shape index (κ3) is 3.16. The van der Waals surface area contributed by atoms with Crippen molar-refractivity contribution in [1.29, 1.82) is 0 Å². The van der Waals surface area contributed by atoms with Gasteiger partial charge in [0, 0.05) is 20.2 Å². The zero-order chi connectivity index (χ0) is 13.2. The molecule has 0 aliphatic carbocycles. The molecule has 3 nitrogen and oxygen atoms in total. The fraction of sp³-hybridized carbons (Fsp3) is 0.571. The molecule has 0 saturated carbocycles. The smallest absolute Gasteiger partial charge is 0.0777 e. The van der Waals surface area contributed by atoms with E-state index < -0.39 is 0 Å². The van der Waals surface area contributed by atoms with Gasteiger partial charge in [0.1, 0.15) is 0 Å². The highest BCUT2D eigenvalue weighted by molar-refractivity contribution is 6.33. The lowest BCUT2D eigenvalue weighted by Crippen LogP contribution is -2.46. The van der Waals surface area contributed by atoms with Crippen LogP contribution in [0.25, 0.3) is 0 Å². The van der Waals surface area contributed by atoms with Gasteiger partial charge in [-0.05, 0) is 44.0 Å². The molecule has 1 heterocycles. The van der Waals surface area contributed by atoms with Gasteiger partial charge in [0.2, 0.25) is 0 Å². The van der Waals surface area contributed by atoms with Crippen molar-refractivity contribution >= 4 is 17.3 Å².